The first-order valence-corrected chi connectivity index (χ1v) is 8.67. The maximum Gasteiger partial charge on any atom is 0.408 e. The number of carbonyl (C=O) groups is 2. The third-order valence-electron chi connectivity index (χ3n) is 3.27. The van der Waals surface area contributed by atoms with Crippen molar-refractivity contribution in [1.29, 1.82) is 0 Å². The first-order chi connectivity index (χ1) is 11.7. The van der Waals surface area contributed by atoms with Gasteiger partial charge in [-0.25, -0.2) is 9.59 Å². The molecule has 0 radical (unpaired) electrons. The highest BCUT2D eigenvalue weighted by molar-refractivity contribution is 6.18. The van der Waals surface area contributed by atoms with E-state index in [-0.39, 0.29) is 12.5 Å². The summed E-state index contributed by atoms with van der Waals surface area (Å²) < 4.78 is 10.5. The fourth-order valence-electron chi connectivity index (χ4n) is 2.02. The van der Waals surface area contributed by atoms with E-state index in [9.17, 15) is 9.59 Å². The average molecular weight is 368 g/mol. The molecule has 25 heavy (non-hydrogen) atoms. The Hall–Kier alpha value is -2.01. The summed E-state index contributed by atoms with van der Waals surface area (Å²) >= 11 is 5.87. The zero-order chi connectivity index (χ0) is 18.9. The van der Waals surface area contributed by atoms with Crippen molar-refractivity contribution >= 4 is 23.7 Å². The first kappa shape index (κ1) is 21.0. The highest BCUT2D eigenvalue weighted by atomic mass is 35.5. The van der Waals surface area contributed by atoms with Crippen LogP contribution in [-0.2, 0) is 20.9 Å². The Balaban J connectivity index is 2.72. The van der Waals surface area contributed by atoms with E-state index in [1.807, 2.05) is 30.3 Å². The van der Waals surface area contributed by atoms with Crippen LogP contribution in [0.15, 0.2) is 43.0 Å². The molecule has 1 aromatic rings. The topological polar surface area (TPSA) is 64.6 Å². The fourth-order valence-corrected chi connectivity index (χ4v) is 2.27. The summed E-state index contributed by atoms with van der Waals surface area (Å²) in [5.41, 5.74) is 0.205. The molecule has 1 N–H and O–H groups in total. The van der Waals surface area contributed by atoms with Crippen LogP contribution in [0.4, 0.5) is 4.79 Å². The Morgan fingerprint density at radius 1 is 1.28 bits per heavy atom. The highest BCUT2D eigenvalue weighted by Gasteiger charge is 2.27. The van der Waals surface area contributed by atoms with Crippen molar-refractivity contribution in [3.05, 3.63) is 48.6 Å². The molecule has 2 atom stereocenters. The van der Waals surface area contributed by atoms with Gasteiger partial charge in [0.15, 0.2) is 0 Å². The number of ether oxygens (including phenoxy) is 2. The molecule has 1 aromatic carbocycles. The monoisotopic (exact) mass is 367 g/mol. The summed E-state index contributed by atoms with van der Waals surface area (Å²) in [6.07, 6.45) is 1.27. The molecule has 0 bridgehead atoms. The minimum atomic E-state index is -0.861. The van der Waals surface area contributed by atoms with Gasteiger partial charge in [-0.2, -0.15) is 0 Å². The molecule has 0 aliphatic carbocycles. The van der Waals surface area contributed by atoms with Crippen molar-refractivity contribution in [3.8, 4) is 0 Å². The van der Waals surface area contributed by atoms with Gasteiger partial charge < -0.3 is 14.8 Å². The standard InChI is InChI=1S/C19H26ClNO4/c1-5-14(12-20)11-16(21-18(23)25-19(2,3)4)17(22)24-13-15-9-7-6-8-10-15/h5-10,14,16H,1,11-13H2,2-4H3,(H,21,23)/t14?,16-/m0/s1. The van der Waals surface area contributed by atoms with Crippen molar-refractivity contribution in [1.82, 2.24) is 5.32 Å². The van der Waals surface area contributed by atoms with Gasteiger partial charge in [0.25, 0.3) is 0 Å². The van der Waals surface area contributed by atoms with E-state index in [0.717, 1.165) is 5.56 Å². The number of benzene rings is 1. The van der Waals surface area contributed by atoms with Crippen molar-refractivity contribution in [2.45, 2.75) is 45.4 Å². The molecule has 0 spiro atoms. The summed E-state index contributed by atoms with van der Waals surface area (Å²) in [5, 5.41) is 2.57. The van der Waals surface area contributed by atoms with E-state index in [4.69, 9.17) is 21.1 Å². The minimum Gasteiger partial charge on any atom is -0.459 e. The van der Waals surface area contributed by atoms with E-state index in [1.54, 1.807) is 26.8 Å². The van der Waals surface area contributed by atoms with Gasteiger partial charge in [-0.3, -0.25) is 0 Å². The molecule has 0 fully saturated rings. The van der Waals surface area contributed by atoms with Crippen molar-refractivity contribution < 1.29 is 19.1 Å². The number of nitrogens with one attached hydrogen (secondary N) is 1. The molecule has 6 heteroatoms. The Kier molecular flexibility index (Phi) is 8.49. The van der Waals surface area contributed by atoms with Crippen LogP contribution < -0.4 is 5.32 Å². The Labute approximate surface area is 154 Å². The molecule has 1 amide bonds. The molecular weight excluding hydrogens is 342 g/mol. The number of halogens is 1. The summed E-state index contributed by atoms with van der Waals surface area (Å²) in [5.74, 6) is -0.375. The second kappa shape index (κ2) is 10.1. The van der Waals surface area contributed by atoms with Crippen LogP contribution in [0.3, 0.4) is 0 Å². The van der Waals surface area contributed by atoms with Gasteiger partial charge in [0.05, 0.1) is 0 Å². The summed E-state index contributed by atoms with van der Waals surface area (Å²) in [7, 11) is 0. The molecule has 0 heterocycles. The smallest absolute Gasteiger partial charge is 0.408 e. The van der Waals surface area contributed by atoms with Crippen LogP contribution in [0, 0.1) is 5.92 Å². The number of esters is 1. The molecule has 0 aromatic heterocycles. The van der Waals surface area contributed by atoms with Gasteiger partial charge in [0, 0.05) is 5.88 Å². The lowest BCUT2D eigenvalue weighted by Gasteiger charge is -2.24. The van der Waals surface area contributed by atoms with Crippen LogP contribution >= 0.6 is 11.6 Å². The van der Waals surface area contributed by atoms with Crippen LogP contribution in [0.25, 0.3) is 0 Å². The first-order valence-electron chi connectivity index (χ1n) is 8.13. The van der Waals surface area contributed by atoms with Gasteiger partial charge >= 0.3 is 12.1 Å². The molecule has 1 rings (SSSR count). The lowest BCUT2D eigenvalue weighted by molar-refractivity contribution is -0.147. The van der Waals surface area contributed by atoms with Gasteiger partial charge in [-0.15, -0.1) is 18.2 Å². The second-order valence-electron chi connectivity index (χ2n) is 6.68. The number of alkyl carbamates (subject to hydrolysis) is 1. The van der Waals surface area contributed by atoms with Gasteiger partial charge in [0.2, 0.25) is 0 Å². The van der Waals surface area contributed by atoms with E-state index in [0.29, 0.717) is 12.3 Å². The zero-order valence-electron chi connectivity index (χ0n) is 15.0. The largest absolute Gasteiger partial charge is 0.459 e. The van der Waals surface area contributed by atoms with E-state index >= 15 is 0 Å². The van der Waals surface area contributed by atoms with Crippen LogP contribution in [0.1, 0.15) is 32.8 Å². The van der Waals surface area contributed by atoms with Crippen molar-refractivity contribution in [3.63, 3.8) is 0 Å². The fraction of sp³-hybridized carbons (Fsp3) is 0.474. The molecule has 0 aliphatic rings. The van der Waals surface area contributed by atoms with Crippen LogP contribution in [-0.4, -0.2) is 29.6 Å². The van der Waals surface area contributed by atoms with Gasteiger partial charge in [-0.1, -0.05) is 36.4 Å². The maximum absolute atomic E-state index is 12.4. The SMILES string of the molecule is C=CC(CCl)C[C@H](NC(=O)OC(C)(C)C)C(=O)OCc1ccccc1. The molecule has 5 nitrogen and oxygen atoms in total. The van der Waals surface area contributed by atoms with Crippen LogP contribution in [0.2, 0.25) is 0 Å². The lowest BCUT2D eigenvalue weighted by Crippen LogP contribution is -2.45. The third kappa shape index (κ3) is 8.59. The minimum absolute atomic E-state index is 0.131. The van der Waals surface area contributed by atoms with Gasteiger partial charge in [-0.05, 0) is 38.7 Å². The van der Waals surface area contributed by atoms with Crippen molar-refractivity contribution in [2.75, 3.05) is 5.88 Å². The number of rotatable bonds is 8. The number of hydrogen-bond donors (Lipinski definition) is 1. The number of carbonyl (C=O) groups excluding carboxylic acids is 2. The number of alkyl halides is 1. The summed E-state index contributed by atoms with van der Waals surface area (Å²) in [4.78, 5) is 24.4. The molecule has 0 saturated heterocycles. The van der Waals surface area contributed by atoms with E-state index in [2.05, 4.69) is 11.9 Å². The Morgan fingerprint density at radius 2 is 1.92 bits per heavy atom. The predicted molar refractivity (Wildman–Crippen MR) is 98.4 cm³/mol. The highest BCUT2D eigenvalue weighted by Crippen LogP contribution is 2.14. The molecule has 138 valence electrons. The van der Waals surface area contributed by atoms with Crippen molar-refractivity contribution in [2.24, 2.45) is 5.92 Å². The van der Waals surface area contributed by atoms with Crippen LogP contribution in [0.5, 0.6) is 0 Å². The number of allylic oxidation sites excluding steroid dienone is 1. The summed E-state index contributed by atoms with van der Waals surface area (Å²) in [6.45, 7) is 9.08. The maximum atomic E-state index is 12.4. The molecule has 1 unspecified atom stereocenters. The average Bonchev–Trinajstić information content (AvgIpc) is 2.55. The van der Waals surface area contributed by atoms with Gasteiger partial charge in [0.1, 0.15) is 18.2 Å². The van der Waals surface area contributed by atoms with E-state index < -0.39 is 23.7 Å². The predicted octanol–water partition coefficient (Wildman–Crippen LogP) is 4.05. The molecule has 0 aliphatic heterocycles. The quantitative estimate of drug-likeness (QED) is 0.427. The normalized spacial score (nSPS) is 13.4. The lowest BCUT2D eigenvalue weighted by atomic mass is 10.0. The molecule has 0 saturated carbocycles. The number of hydrogen-bond acceptors (Lipinski definition) is 4. The zero-order valence-corrected chi connectivity index (χ0v) is 15.7. The molecular formula is C19H26ClNO4. The summed E-state index contributed by atoms with van der Waals surface area (Å²) in [6, 6.07) is 8.46. The number of amides is 1. The second-order valence-corrected chi connectivity index (χ2v) is 6.99. The third-order valence-corrected chi connectivity index (χ3v) is 3.67. The Morgan fingerprint density at radius 3 is 2.44 bits per heavy atom. The van der Waals surface area contributed by atoms with E-state index in [1.165, 1.54) is 0 Å². The Bertz CT molecular complexity index is 569.